The molecule has 1 aliphatic rings. The average Bonchev–Trinajstić information content (AvgIpc) is 2.84. The lowest BCUT2D eigenvalue weighted by Gasteiger charge is -2.39. The molecule has 2 unspecified atom stereocenters. The predicted octanol–water partition coefficient (Wildman–Crippen LogP) is -0.0275. The molecular weight excluding hydrogens is 242 g/mol. The molecule has 0 bridgehead atoms. The lowest BCUT2D eigenvalue weighted by molar-refractivity contribution is -0.135. The van der Waals surface area contributed by atoms with E-state index in [1.807, 2.05) is 11.9 Å². The van der Waals surface area contributed by atoms with Crippen LogP contribution in [-0.4, -0.2) is 58.2 Å². The quantitative estimate of drug-likeness (QED) is 0.833. The zero-order valence-corrected chi connectivity index (χ0v) is 11.9. The lowest BCUT2D eigenvalue weighted by atomic mass is 10.1. The van der Waals surface area contributed by atoms with Gasteiger partial charge in [0.25, 0.3) is 0 Å². The van der Waals surface area contributed by atoms with Gasteiger partial charge in [0.2, 0.25) is 5.91 Å². The molecule has 1 aromatic heterocycles. The number of nitrogens with two attached hydrogens (primary N) is 1. The van der Waals surface area contributed by atoms with Gasteiger partial charge in [0, 0.05) is 44.5 Å². The number of rotatable bonds is 3. The average molecular weight is 265 g/mol. The number of nitrogens with zero attached hydrogens (tertiary/aromatic N) is 4. The Morgan fingerprint density at radius 3 is 2.84 bits per heavy atom. The topological polar surface area (TPSA) is 67.4 Å². The number of aromatic nitrogens is 2. The van der Waals surface area contributed by atoms with Crippen LogP contribution >= 0.6 is 0 Å². The van der Waals surface area contributed by atoms with Crippen molar-refractivity contribution >= 4 is 5.91 Å². The molecule has 2 atom stereocenters. The molecule has 1 saturated heterocycles. The van der Waals surface area contributed by atoms with E-state index >= 15 is 0 Å². The van der Waals surface area contributed by atoms with Crippen molar-refractivity contribution in [3.05, 3.63) is 18.0 Å². The molecule has 0 aliphatic carbocycles. The summed E-state index contributed by atoms with van der Waals surface area (Å²) >= 11 is 0. The molecule has 19 heavy (non-hydrogen) atoms. The number of amides is 1. The first-order valence-electron chi connectivity index (χ1n) is 6.76. The van der Waals surface area contributed by atoms with E-state index in [-0.39, 0.29) is 5.91 Å². The molecule has 0 saturated carbocycles. The second kappa shape index (κ2) is 5.71. The Morgan fingerprint density at radius 1 is 1.53 bits per heavy atom. The van der Waals surface area contributed by atoms with Crippen molar-refractivity contribution in [2.75, 3.05) is 26.7 Å². The molecule has 1 amide bonds. The number of aryl methyl sites for hydroxylation is 1. The maximum Gasteiger partial charge on any atom is 0.244 e. The highest BCUT2D eigenvalue weighted by atomic mass is 16.2. The smallest absolute Gasteiger partial charge is 0.244 e. The number of likely N-dealkylation sites (N-methyl/N-ethyl adjacent to an activating group) is 1. The van der Waals surface area contributed by atoms with Gasteiger partial charge in [-0.05, 0) is 13.5 Å². The van der Waals surface area contributed by atoms with Crippen LogP contribution in [0.15, 0.2) is 12.4 Å². The van der Waals surface area contributed by atoms with Crippen LogP contribution in [0.4, 0.5) is 0 Å². The summed E-state index contributed by atoms with van der Waals surface area (Å²) in [5.41, 5.74) is 6.82. The highest BCUT2D eigenvalue weighted by Gasteiger charge is 2.29. The molecule has 0 spiro atoms. The zero-order valence-electron chi connectivity index (χ0n) is 11.9. The SMILES string of the molecule is CCC1CN(C(=O)C(N)c2cnn(C)c2)CCN1C. The van der Waals surface area contributed by atoms with Crippen LogP contribution < -0.4 is 5.73 Å². The Hall–Kier alpha value is -1.40. The summed E-state index contributed by atoms with van der Waals surface area (Å²) in [5, 5.41) is 4.07. The van der Waals surface area contributed by atoms with Crippen molar-refractivity contribution in [3.8, 4) is 0 Å². The largest absolute Gasteiger partial charge is 0.338 e. The highest BCUT2D eigenvalue weighted by molar-refractivity contribution is 5.83. The molecule has 1 fully saturated rings. The van der Waals surface area contributed by atoms with Crippen LogP contribution in [0.5, 0.6) is 0 Å². The summed E-state index contributed by atoms with van der Waals surface area (Å²) in [4.78, 5) is 16.6. The van der Waals surface area contributed by atoms with Crippen LogP contribution in [0.1, 0.15) is 24.9 Å². The normalized spacial score (nSPS) is 22.5. The maximum atomic E-state index is 12.4. The van der Waals surface area contributed by atoms with Crippen LogP contribution in [0.2, 0.25) is 0 Å². The van der Waals surface area contributed by atoms with Gasteiger partial charge in [0.15, 0.2) is 0 Å². The van der Waals surface area contributed by atoms with Crippen LogP contribution in [0, 0.1) is 0 Å². The molecule has 1 aromatic rings. The van der Waals surface area contributed by atoms with Gasteiger partial charge in [0.1, 0.15) is 6.04 Å². The summed E-state index contributed by atoms with van der Waals surface area (Å²) in [7, 11) is 3.93. The van der Waals surface area contributed by atoms with Crippen LogP contribution in [0.3, 0.4) is 0 Å². The fourth-order valence-corrected chi connectivity index (χ4v) is 2.53. The van der Waals surface area contributed by atoms with Gasteiger partial charge in [0.05, 0.1) is 6.20 Å². The first kappa shape index (κ1) is 14.0. The zero-order chi connectivity index (χ0) is 14.0. The minimum absolute atomic E-state index is 0.000417. The number of piperazine rings is 1. The van der Waals surface area contributed by atoms with Crippen molar-refractivity contribution in [2.45, 2.75) is 25.4 Å². The first-order chi connectivity index (χ1) is 9.02. The molecule has 6 heteroatoms. The number of hydrogen-bond acceptors (Lipinski definition) is 4. The first-order valence-corrected chi connectivity index (χ1v) is 6.76. The van der Waals surface area contributed by atoms with E-state index in [2.05, 4.69) is 24.0 Å². The monoisotopic (exact) mass is 265 g/mol. The Labute approximate surface area is 114 Å². The third kappa shape index (κ3) is 2.96. The molecule has 2 rings (SSSR count). The van der Waals surface area contributed by atoms with Crippen molar-refractivity contribution in [1.82, 2.24) is 19.6 Å². The summed E-state index contributed by atoms with van der Waals surface area (Å²) < 4.78 is 1.67. The standard InChI is InChI=1S/C13H23N5O/c1-4-11-9-18(6-5-16(11)2)13(19)12(14)10-7-15-17(3)8-10/h7-8,11-12H,4-6,9,14H2,1-3H3. The third-order valence-corrected chi connectivity index (χ3v) is 3.91. The van der Waals surface area contributed by atoms with Gasteiger partial charge in [-0.1, -0.05) is 6.92 Å². The van der Waals surface area contributed by atoms with E-state index < -0.39 is 6.04 Å². The van der Waals surface area contributed by atoms with Gasteiger partial charge >= 0.3 is 0 Å². The summed E-state index contributed by atoms with van der Waals surface area (Å²) in [5.74, 6) is -0.000417. The summed E-state index contributed by atoms with van der Waals surface area (Å²) in [6.45, 7) is 4.57. The fraction of sp³-hybridized carbons (Fsp3) is 0.692. The molecule has 0 aromatic carbocycles. The Morgan fingerprint density at radius 2 is 2.26 bits per heavy atom. The Bertz CT molecular complexity index is 444. The van der Waals surface area contributed by atoms with Gasteiger partial charge < -0.3 is 10.6 Å². The van der Waals surface area contributed by atoms with E-state index in [4.69, 9.17) is 5.73 Å². The fourth-order valence-electron chi connectivity index (χ4n) is 2.53. The molecule has 2 N–H and O–H groups in total. The van der Waals surface area contributed by atoms with E-state index in [0.717, 1.165) is 31.6 Å². The van der Waals surface area contributed by atoms with Crippen LogP contribution in [0.25, 0.3) is 0 Å². The lowest BCUT2D eigenvalue weighted by Crippen LogP contribution is -2.54. The molecule has 0 radical (unpaired) electrons. The summed E-state index contributed by atoms with van der Waals surface area (Å²) in [6, 6.07) is -0.173. The molecule has 106 valence electrons. The van der Waals surface area contributed by atoms with Crippen molar-refractivity contribution in [2.24, 2.45) is 12.8 Å². The number of carbonyl (C=O) groups excluding carboxylic acids is 1. The Balaban J connectivity index is 2.03. The molecule has 6 nitrogen and oxygen atoms in total. The molecular formula is C13H23N5O. The number of carbonyl (C=O) groups is 1. The van der Waals surface area contributed by atoms with E-state index in [0.29, 0.717) is 6.04 Å². The third-order valence-electron chi connectivity index (χ3n) is 3.91. The molecule has 1 aliphatic heterocycles. The van der Waals surface area contributed by atoms with E-state index in [9.17, 15) is 4.79 Å². The maximum absolute atomic E-state index is 12.4. The molecule has 2 heterocycles. The van der Waals surface area contributed by atoms with Gasteiger partial charge in [-0.2, -0.15) is 5.10 Å². The van der Waals surface area contributed by atoms with E-state index in [1.54, 1.807) is 17.1 Å². The minimum atomic E-state index is -0.602. The Kier molecular flexibility index (Phi) is 4.21. The van der Waals surface area contributed by atoms with Crippen molar-refractivity contribution < 1.29 is 4.79 Å². The van der Waals surface area contributed by atoms with Crippen molar-refractivity contribution in [1.29, 1.82) is 0 Å². The minimum Gasteiger partial charge on any atom is -0.338 e. The predicted molar refractivity (Wildman–Crippen MR) is 73.4 cm³/mol. The summed E-state index contributed by atoms with van der Waals surface area (Å²) in [6.07, 6.45) is 4.51. The van der Waals surface area contributed by atoms with Crippen molar-refractivity contribution in [3.63, 3.8) is 0 Å². The number of hydrogen-bond donors (Lipinski definition) is 1. The van der Waals surface area contributed by atoms with Gasteiger partial charge in [-0.15, -0.1) is 0 Å². The van der Waals surface area contributed by atoms with Gasteiger partial charge in [-0.3, -0.25) is 14.4 Å². The van der Waals surface area contributed by atoms with E-state index in [1.165, 1.54) is 0 Å². The second-order valence-corrected chi connectivity index (χ2v) is 5.25. The second-order valence-electron chi connectivity index (χ2n) is 5.25. The van der Waals surface area contributed by atoms with Gasteiger partial charge in [-0.25, -0.2) is 0 Å². The van der Waals surface area contributed by atoms with Crippen LogP contribution in [-0.2, 0) is 11.8 Å². The highest BCUT2D eigenvalue weighted by Crippen LogP contribution is 2.16.